The fourth-order valence-corrected chi connectivity index (χ4v) is 1.81. The van der Waals surface area contributed by atoms with Crippen molar-refractivity contribution < 1.29 is 13.6 Å². The van der Waals surface area contributed by atoms with Gasteiger partial charge in [-0.3, -0.25) is 4.79 Å². The van der Waals surface area contributed by atoms with Gasteiger partial charge >= 0.3 is 0 Å². The highest BCUT2D eigenvalue weighted by Gasteiger charge is 2.06. The van der Waals surface area contributed by atoms with E-state index in [2.05, 4.69) is 10.6 Å². The predicted molar refractivity (Wildman–Crippen MR) is 79.5 cm³/mol. The fourth-order valence-electron chi connectivity index (χ4n) is 1.69. The first-order chi connectivity index (χ1) is 10.0. The lowest BCUT2D eigenvalue weighted by molar-refractivity contribution is -0.115. The molecule has 2 N–H and O–H groups in total. The van der Waals surface area contributed by atoms with Gasteiger partial charge in [-0.2, -0.15) is 0 Å². The maximum Gasteiger partial charge on any atom is 0.226 e. The second-order valence-electron chi connectivity index (χ2n) is 4.36. The topological polar surface area (TPSA) is 41.1 Å². The molecule has 0 aliphatic heterocycles. The summed E-state index contributed by atoms with van der Waals surface area (Å²) in [5, 5.41) is 6.19. The molecule has 3 nitrogen and oxygen atoms in total. The summed E-state index contributed by atoms with van der Waals surface area (Å²) in [7, 11) is 0. The fraction of sp³-hybridized carbons (Fsp3) is 0.133. The molecule has 0 bridgehead atoms. The van der Waals surface area contributed by atoms with Crippen LogP contribution in [-0.4, -0.2) is 12.5 Å². The molecule has 0 fully saturated rings. The molecule has 0 unspecified atom stereocenters. The van der Waals surface area contributed by atoms with E-state index in [1.165, 1.54) is 6.07 Å². The van der Waals surface area contributed by atoms with Crippen LogP contribution >= 0.6 is 11.6 Å². The van der Waals surface area contributed by atoms with E-state index in [0.29, 0.717) is 11.6 Å². The molecular formula is C15H13ClF2N2O. The van der Waals surface area contributed by atoms with Crippen LogP contribution in [0.25, 0.3) is 0 Å². The van der Waals surface area contributed by atoms with Crippen molar-refractivity contribution in [1.82, 2.24) is 0 Å². The molecule has 0 aliphatic rings. The SMILES string of the molecule is O=C(CCNc1ccc(Cl)cc1)Nc1ccc(F)c(F)c1. The molecule has 2 aromatic rings. The average Bonchev–Trinajstić information content (AvgIpc) is 2.45. The third-order valence-electron chi connectivity index (χ3n) is 2.73. The Morgan fingerprint density at radius 1 is 1.00 bits per heavy atom. The lowest BCUT2D eigenvalue weighted by Crippen LogP contribution is -2.16. The van der Waals surface area contributed by atoms with Gasteiger partial charge < -0.3 is 10.6 Å². The number of benzene rings is 2. The zero-order chi connectivity index (χ0) is 15.2. The lowest BCUT2D eigenvalue weighted by atomic mass is 10.2. The largest absolute Gasteiger partial charge is 0.385 e. The van der Waals surface area contributed by atoms with Crippen LogP contribution in [0.3, 0.4) is 0 Å². The van der Waals surface area contributed by atoms with Gasteiger partial charge in [0, 0.05) is 35.4 Å². The van der Waals surface area contributed by atoms with Crippen LogP contribution in [-0.2, 0) is 4.79 Å². The molecule has 0 atom stereocenters. The third kappa shape index (κ3) is 4.72. The van der Waals surface area contributed by atoms with E-state index in [1.807, 2.05) is 0 Å². The van der Waals surface area contributed by atoms with E-state index in [9.17, 15) is 13.6 Å². The quantitative estimate of drug-likeness (QED) is 0.874. The van der Waals surface area contributed by atoms with E-state index in [-0.39, 0.29) is 18.0 Å². The summed E-state index contributed by atoms with van der Waals surface area (Å²) >= 11 is 5.76. The number of anilines is 2. The molecule has 2 rings (SSSR count). The number of hydrogen-bond acceptors (Lipinski definition) is 2. The molecule has 110 valence electrons. The Kier molecular flexibility index (Phi) is 5.11. The molecular weight excluding hydrogens is 298 g/mol. The highest BCUT2D eigenvalue weighted by molar-refractivity contribution is 6.30. The van der Waals surface area contributed by atoms with Gasteiger partial charge in [-0.1, -0.05) is 11.6 Å². The Hall–Kier alpha value is -2.14. The van der Waals surface area contributed by atoms with Crippen LogP contribution in [0.2, 0.25) is 5.02 Å². The molecule has 0 heterocycles. The van der Waals surface area contributed by atoms with Gasteiger partial charge in [0.1, 0.15) is 0 Å². The Labute approximate surface area is 125 Å². The summed E-state index contributed by atoms with van der Waals surface area (Å²) < 4.78 is 25.7. The second-order valence-corrected chi connectivity index (χ2v) is 4.80. The molecule has 0 radical (unpaired) electrons. The van der Waals surface area contributed by atoms with Gasteiger partial charge in [0.2, 0.25) is 5.91 Å². The summed E-state index contributed by atoms with van der Waals surface area (Å²) in [4.78, 5) is 11.7. The zero-order valence-electron chi connectivity index (χ0n) is 11.0. The van der Waals surface area contributed by atoms with Crippen molar-refractivity contribution >= 4 is 28.9 Å². The van der Waals surface area contributed by atoms with Crippen LogP contribution in [0, 0.1) is 11.6 Å². The number of carbonyl (C=O) groups excluding carboxylic acids is 1. The minimum atomic E-state index is -0.993. The summed E-state index contributed by atoms with van der Waals surface area (Å²) in [6.07, 6.45) is 0.196. The molecule has 0 aliphatic carbocycles. The smallest absolute Gasteiger partial charge is 0.226 e. The van der Waals surface area contributed by atoms with Crippen molar-refractivity contribution in [1.29, 1.82) is 0 Å². The van der Waals surface area contributed by atoms with Crippen molar-refractivity contribution in [2.45, 2.75) is 6.42 Å². The lowest BCUT2D eigenvalue weighted by Gasteiger charge is -2.08. The summed E-state index contributed by atoms with van der Waals surface area (Å²) in [6.45, 7) is 0.414. The second kappa shape index (κ2) is 7.04. The van der Waals surface area contributed by atoms with Gasteiger partial charge in [-0.25, -0.2) is 8.78 Å². The van der Waals surface area contributed by atoms with Crippen LogP contribution < -0.4 is 10.6 Å². The summed E-state index contributed by atoms with van der Waals surface area (Å²) in [5.74, 6) is -2.23. The van der Waals surface area contributed by atoms with E-state index >= 15 is 0 Å². The Morgan fingerprint density at radius 2 is 1.67 bits per heavy atom. The number of rotatable bonds is 5. The molecule has 21 heavy (non-hydrogen) atoms. The van der Waals surface area contributed by atoms with Crippen molar-refractivity contribution in [2.75, 3.05) is 17.2 Å². The molecule has 0 saturated carbocycles. The van der Waals surface area contributed by atoms with Crippen LogP contribution in [0.1, 0.15) is 6.42 Å². The summed E-state index contributed by atoms with van der Waals surface area (Å²) in [6, 6.07) is 10.3. The highest BCUT2D eigenvalue weighted by atomic mass is 35.5. The number of amides is 1. The van der Waals surface area contributed by atoms with Crippen molar-refractivity contribution in [3.8, 4) is 0 Å². The first kappa shape index (κ1) is 15.3. The summed E-state index contributed by atoms with van der Waals surface area (Å²) in [5.41, 5.74) is 1.07. The van der Waals surface area contributed by atoms with Gasteiger partial charge in [-0.05, 0) is 36.4 Å². The Bertz CT molecular complexity index is 632. The van der Waals surface area contributed by atoms with Crippen LogP contribution in [0.4, 0.5) is 20.2 Å². The molecule has 0 spiro atoms. The van der Waals surface area contributed by atoms with Gasteiger partial charge in [0.25, 0.3) is 0 Å². The Morgan fingerprint density at radius 3 is 2.33 bits per heavy atom. The molecule has 1 amide bonds. The minimum Gasteiger partial charge on any atom is -0.385 e. The average molecular weight is 311 g/mol. The third-order valence-corrected chi connectivity index (χ3v) is 2.98. The van der Waals surface area contributed by atoms with E-state index < -0.39 is 11.6 Å². The van der Waals surface area contributed by atoms with E-state index in [4.69, 9.17) is 11.6 Å². The number of carbonyl (C=O) groups is 1. The van der Waals surface area contributed by atoms with Gasteiger partial charge in [-0.15, -0.1) is 0 Å². The molecule has 6 heteroatoms. The number of hydrogen-bond donors (Lipinski definition) is 2. The Balaban J connectivity index is 1.79. The zero-order valence-corrected chi connectivity index (χ0v) is 11.8. The maximum atomic E-state index is 13.0. The predicted octanol–water partition coefficient (Wildman–Crippen LogP) is 4.06. The molecule has 2 aromatic carbocycles. The maximum absolute atomic E-state index is 13.0. The monoisotopic (exact) mass is 310 g/mol. The van der Waals surface area contributed by atoms with E-state index in [1.54, 1.807) is 24.3 Å². The highest BCUT2D eigenvalue weighted by Crippen LogP contribution is 2.14. The standard InChI is InChI=1S/C15H13ClF2N2O/c16-10-1-3-11(4-2-10)19-8-7-15(21)20-12-5-6-13(17)14(18)9-12/h1-6,9,19H,7-8H2,(H,20,21). The van der Waals surface area contributed by atoms with Gasteiger partial charge in [0.15, 0.2) is 11.6 Å². The van der Waals surface area contributed by atoms with Crippen LogP contribution in [0.15, 0.2) is 42.5 Å². The minimum absolute atomic E-state index is 0.196. The van der Waals surface area contributed by atoms with Crippen molar-refractivity contribution in [2.24, 2.45) is 0 Å². The number of halogens is 3. The number of nitrogens with one attached hydrogen (secondary N) is 2. The van der Waals surface area contributed by atoms with Crippen molar-refractivity contribution in [3.63, 3.8) is 0 Å². The van der Waals surface area contributed by atoms with Crippen LogP contribution in [0.5, 0.6) is 0 Å². The molecule has 0 saturated heterocycles. The van der Waals surface area contributed by atoms with Crippen molar-refractivity contribution in [3.05, 3.63) is 59.1 Å². The first-order valence-electron chi connectivity index (χ1n) is 6.29. The van der Waals surface area contributed by atoms with E-state index in [0.717, 1.165) is 17.8 Å². The van der Waals surface area contributed by atoms with Gasteiger partial charge in [0.05, 0.1) is 0 Å². The normalized spacial score (nSPS) is 10.2. The first-order valence-corrected chi connectivity index (χ1v) is 6.67. The molecule has 0 aromatic heterocycles.